The Bertz CT molecular complexity index is 354. The number of hydrogen-bond donors (Lipinski definition) is 1. The number of likely N-dealkylation sites (N-methyl/N-ethyl adjacent to an activating group) is 1. The zero-order chi connectivity index (χ0) is 10.2. The summed E-state index contributed by atoms with van der Waals surface area (Å²) in [5, 5.41) is 2.65. The molecule has 0 aromatic heterocycles. The van der Waals surface area contributed by atoms with Crippen molar-refractivity contribution < 1.29 is 9.18 Å². The molecule has 0 atom stereocenters. The Morgan fingerprint density at radius 1 is 1.36 bits per heavy atom. The van der Waals surface area contributed by atoms with Gasteiger partial charge in [-0.2, -0.15) is 0 Å². The topological polar surface area (TPSA) is 29.1 Å². The van der Waals surface area contributed by atoms with Crippen LogP contribution >= 0.6 is 0 Å². The highest BCUT2D eigenvalue weighted by atomic mass is 19.1. The second kappa shape index (κ2) is 3.08. The highest BCUT2D eigenvalue weighted by Crippen LogP contribution is 2.48. The van der Waals surface area contributed by atoms with Crippen LogP contribution in [0.5, 0.6) is 0 Å². The van der Waals surface area contributed by atoms with E-state index < -0.39 is 0 Å². The molecular formula is C11H12FNO. The number of halogens is 1. The van der Waals surface area contributed by atoms with Crippen molar-refractivity contribution in [2.45, 2.75) is 18.3 Å². The normalized spacial score (nSPS) is 17.6. The van der Waals surface area contributed by atoms with E-state index in [1.54, 1.807) is 19.2 Å². The minimum Gasteiger partial charge on any atom is -0.358 e. The smallest absolute Gasteiger partial charge is 0.230 e. The first-order valence-corrected chi connectivity index (χ1v) is 4.67. The zero-order valence-electron chi connectivity index (χ0n) is 8.01. The molecule has 0 bridgehead atoms. The molecule has 2 rings (SSSR count). The second-order valence-corrected chi connectivity index (χ2v) is 3.67. The fourth-order valence-electron chi connectivity index (χ4n) is 1.78. The van der Waals surface area contributed by atoms with Gasteiger partial charge in [-0.25, -0.2) is 4.39 Å². The lowest BCUT2D eigenvalue weighted by Gasteiger charge is -2.13. The molecule has 1 aliphatic carbocycles. The van der Waals surface area contributed by atoms with Crippen molar-refractivity contribution in [2.24, 2.45) is 0 Å². The lowest BCUT2D eigenvalue weighted by molar-refractivity contribution is -0.123. The Kier molecular flexibility index (Phi) is 2.02. The minimum absolute atomic E-state index is 0.0316. The number of carbonyl (C=O) groups is 1. The molecule has 0 saturated heterocycles. The van der Waals surface area contributed by atoms with Crippen molar-refractivity contribution in [2.75, 3.05) is 7.05 Å². The van der Waals surface area contributed by atoms with Crippen molar-refractivity contribution in [3.05, 3.63) is 35.6 Å². The van der Waals surface area contributed by atoms with Crippen LogP contribution in [0.1, 0.15) is 18.4 Å². The summed E-state index contributed by atoms with van der Waals surface area (Å²) in [5.74, 6) is -0.231. The van der Waals surface area contributed by atoms with Gasteiger partial charge in [-0.15, -0.1) is 0 Å². The first-order valence-electron chi connectivity index (χ1n) is 4.67. The lowest BCUT2D eigenvalue weighted by atomic mass is 9.95. The average Bonchev–Trinajstić information content (AvgIpc) is 2.99. The van der Waals surface area contributed by atoms with Crippen LogP contribution in [0.2, 0.25) is 0 Å². The van der Waals surface area contributed by atoms with Gasteiger partial charge in [-0.05, 0) is 30.5 Å². The molecule has 74 valence electrons. The Morgan fingerprint density at radius 2 is 1.93 bits per heavy atom. The van der Waals surface area contributed by atoms with Gasteiger partial charge in [0.2, 0.25) is 5.91 Å². The third-order valence-electron chi connectivity index (χ3n) is 2.81. The summed E-state index contributed by atoms with van der Waals surface area (Å²) in [7, 11) is 1.63. The quantitative estimate of drug-likeness (QED) is 0.759. The van der Waals surface area contributed by atoms with Crippen LogP contribution in [0.4, 0.5) is 4.39 Å². The standard InChI is InChI=1S/C11H12FNO/c1-13-10(14)11(6-7-11)8-2-4-9(12)5-3-8/h2-5H,6-7H2,1H3,(H,13,14). The number of amides is 1. The van der Waals surface area contributed by atoms with Gasteiger partial charge >= 0.3 is 0 Å². The molecule has 14 heavy (non-hydrogen) atoms. The predicted octanol–water partition coefficient (Wildman–Crippen LogP) is 1.60. The molecule has 2 nitrogen and oxygen atoms in total. The molecule has 0 radical (unpaired) electrons. The second-order valence-electron chi connectivity index (χ2n) is 3.67. The maximum atomic E-state index is 12.7. The molecule has 1 aromatic carbocycles. The molecule has 0 spiro atoms. The van der Waals surface area contributed by atoms with Crippen molar-refractivity contribution >= 4 is 5.91 Å². The van der Waals surface area contributed by atoms with E-state index in [-0.39, 0.29) is 17.1 Å². The number of nitrogens with one attached hydrogen (secondary N) is 1. The van der Waals surface area contributed by atoms with Crippen LogP contribution in [-0.4, -0.2) is 13.0 Å². The molecule has 1 saturated carbocycles. The van der Waals surface area contributed by atoms with Crippen molar-refractivity contribution in [3.63, 3.8) is 0 Å². The van der Waals surface area contributed by atoms with Gasteiger partial charge in [0.25, 0.3) is 0 Å². The van der Waals surface area contributed by atoms with Gasteiger partial charge in [0.15, 0.2) is 0 Å². The summed E-state index contributed by atoms with van der Waals surface area (Å²) in [5.41, 5.74) is 0.542. The summed E-state index contributed by atoms with van der Waals surface area (Å²) >= 11 is 0. The summed E-state index contributed by atoms with van der Waals surface area (Å²) in [6.45, 7) is 0. The Labute approximate surface area is 82.1 Å². The first kappa shape index (κ1) is 9.19. The van der Waals surface area contributed by atoms with Gasteiger partial charge in [0.05, 0.1) is 5.41 Å². The number of rotatable bonds is 2. The summed E-state index contributed by atoms with van der Waals surface area (Å²) in [4.78, 5) is 11.6. The molecule has 3 heteroatoms. The van der Waals surface area contributed by atoms with Crippen LogP contribution in [0.15, 0.2) is 24.3 Å². The summed E-state index contributed by atoms with van der Waals surface area (Å²) < 4.78 is 12.7. The Morgan fingerprint density at radius 3 is 2.36 bits per heavy atom. The summed E-state index contributed by atoms with van der Waals surface area (Å²) in [6, 6.07) is 6.19. The molecule has 0 aliphatic heterocycles. The molecule has 1 aromatic rings. The summed E-state index contributed by atoms with van der Waals surface area (Å²) in [6.07, 6.45) is 1.72. The number of carbonyl (C=O) groups excluding carboxylic acids is 1. The predicted molar refractivity (Wildman–Crippen MR) is 51.4 cm³/mol. The molecule has 1 N–H and O–H groups in total. The maximum absolute atomic E-state index is 12.7. The van der Waals surface area contributed by atoms with Crippen molar-refractivity contribution in [1.29, 1.82) is 0 Å². The van der Waals surface area contributed by atoms with Crippen LogP contribution in [-0.2, 0) is 10.2 Å². The van der Waals surface area contributed by atoms with E-state index in [0.717, 1.165) is 18.4 Å². The minimum atomic E-state index is -0.373. The molecular weight excluding hydrogens is 181 g/mol. The van der Waals surface area contributed by atoms with Crippen molar-refractivity contribution in [1.82, 2.24) is 5.32 Å². The van der Waals surface area contributed by atoms with Crippen LogP contribution in [0, 0.1) is 5.82 Å². The van der Waals surface area contributed by atoms with E-state index >= 15 is 0 Å². The molecule has 0 unspecified atom stereocenters. The van der Waals surface area contributed by atoms with E-state index in [0.29, 0.717) is 0 Å². The molecule has 1 fully saturated rings. The Hall–Kier alpha value is -1.38. The maximum Gasteiger partial charge on any atom is 0.230 e. The van der Waals surface area contributed by atoms with Gasteiger partial charge in [-0.3, -0.25) is 4.79 Å². The monoisotopic (exact) mass is 193 g/mol. The fourth-order valence-corrected chi connectivity index (χ4v) is 1.78. The number of hydrogen-bond acceptors (Lipinski definition) is 1. The SMILES string of the molecule is CNC(=O)C1(c2ccc(F)cc2)CC1. The highest BCUT2D eigenvalue weighted by molar-refractivity contribution is 5.91. The van der Waals surface area contributed by atoms with Crippen LogP contribution in [0.25, 0.3) is 0 Å². The molecule has 0 heterocycles. The van der Waals surface area contributed by atoms with E-state index in [9.17, 15) is 9.18 Å². The van der Waals surface area contributed by atoms with E-state index in [2.05, 4.69) is 5.32 Å². The van der Waals surface area contributed by atoms with E-state index in [1.807, 2.05) is 0 Å². The molecule has 1 amide bonds. The lowest BCUT2D eigenvalue weighted by Crippen LogP contribution is -2.31. The Balaban J connectivity index is 2.31. The van der Waals surface area contributed by atoms with E-state index in [4.69, 9.17) is 0 Å². The number of benzene rings is 1. The average molecular weight is 193 g/mol. The van der Waals surface area contributed by atoms with Gasteiger partial charge in [0, 0.05) is 7.05 Å². The largest absolute Gasteiger partial charge is 0.358 e. The molecule has 1 aliphatic rings. The third-order valence-corrected chi connectivity index (χ3v) is 2.81. The fraction of sp³-hybridized carbons (Fsp3) is 0.364. The van der Waals surface area contributed by atoms with E-state index in [1.165, 1.54) is 12.1 Å². The van der Waals surface area contributed by atoms with Crippen LogP contribution in [0.3, 0.4) is 0 Å². The van der Waals surface area contributed by atoms with Gasteiger partial charge < -0.3 is 5.32 Å². The van der Waals surface area contributed by atoms with Gasteiger partial charge in [-0.1, -0.05) is 12.1 Å². The first-order chi connectivity index (χ1) is 6.69. The third kappa shape index (κ3) is 1.29. The van der Waals surface area contributed by atoms with Gasteiger partial charge in [0.1, 0.15) is 5.82 Å². The highest BCUT2D eigenvalue weighted by Gasteiger charge is 2.50. The van der Waals surface area contributed by atoms with Crippen molar-refractivity contribution in [3.8, 4) is 0 Å². The zero-order valence-corrected chi connectivity index (χ0v) is 8.01. The van der Waals surface area contributed by atoms with Crippen LogP contribution < -0.4 is 5.32 Å².